The Balaban J connectivity index is 2.93. The topological polar surface area (TPSA) is 82.1 Å². The van der Waals surface area contributed by atoms with Gasteiger partial charge in [-0.05, 0) is 12.1 Å². The molecule has 0 saturated heterocycles. The van der Waals surface area contributed by atoms with Gasteiger partial charge in [-0.25, -0.2) is 9.59 Å². The van der Waals surface area contributed by atoms with Gasteiger partial charge in [0.2, 0.25) is 0 Å². The molecule has 17 heavy (non-hydrogen) atoms. The van der Waals surface area contributed by atoms with Crippen molar-refractivity contribution in [3.05, 3.63) is 23.8 Å². The van der Waals surface area contributed by atoms with Gasteiger partial charge < -0.3 is 19.3 Å². The van der Waals surface area contributed by atoms with E-state index in [0.29, 0.717) is 5.75 Å². The molecular formula is C11H12O6. The van der Waals surface area contributed by atoms with E-state index in [-0.39, 0.29) is 17.9 Å². The van der Waals surface area contributed by atoms with Gasteiger partial charge in [-0.3, -0.25) is 0 Å². The van der Waals surface area contributed by atoms with Crippen molar-refractivity contribution in [2.45, 2.75) is 0 Å². The van der Waals surface area contributed by atoms with E-state index in [1.807, 2.05) is 0 Å². The molecule has 0 fully saturated rings. The molecule has 0 aliphatic rings. The fourth-order valence-electron chi connectivity index (χ4n) is 1.12. The lowest BCUT2D eigenvalue weighted by Gasteiger charge is -2.09. The quantitative estimate of drug-likeness (QED) is 0.771. The van der Waals surface area contributed by atoms with Crippen LogP contribution in [0.15, 0.2) is 18.2 Å². The number of hydrogen-bond donors (Lipinski definition) is 1. The molecule has 0 spiro atoms. The third-order valence-corrected chi connectivity index (χ3v) is 1.99. The minimum Gasteiger partial charge on any atom is -0.497 e. The van der Waals surface area contributed by atoms with Crippen LogP contribution in [0.1, 0.15) is 10.4 Å². The van der Waals surface area contributed by atoms with E-state index < -0.39 is 11.9 Å². The van der Waals surface area contributed by atoms with Crippen molar-refractivity contribution >= 4 is 11.9 Å². The average molecular weight is 240 g/mol. The second kappa shape index (κ2) is 5.74. The molecule has 0 heterocycles. The van der Waals surface area contributed by atoms with Crippen LogP contribution in [-0.4, -0.2) is 37.9 Å². The summed E-state index contributed by atoms with van der Waals surface area (Å²) in [7, 11) is 2.66. The molecule has 0 aromatic heterocycles. The van der Waals surface area contributed by atoms with E-state index in [9.17, 15) is 9.59 Å². The largest absolute Gasteiger partial charge is 0.497 e. The SMILES string of the molecule is COC(=O)COc1cc(OC)ccc1C(=O)O. The number of methoxy groups -OCH3 is 2. The molecule has 1 N–H and O–H groups in total. The van der Waals surface area contributed by atoms with Gasteiger partial charge >= 0.3 is 11.9 Å². The average Bonchev–Trinajstić information content (AvgIpc) is 2.35. The van der Waals surface area contributed by atoms with Crippen molar-refractivity contribution in [2.75, 3.05) is 20.8 Å². The van der Waals surface area contributed by atoms with Crippen LogP contribution in [0.4, 0.5) is 0 Å². The first-order chi connectivity index (χ1) is 8.08. The number of carbonyl (C=O) groups is 2. The standard InChI is InChI=1S/C11H12O6/c1-15-7-3-4-8(11(13)14)9(5-7)17-6-10(12)16-2/h3-5H,6H2,1-2H3,(H,13,14). The first-order valence-corrected chi connectivity index (χ1v) is 4.69. The Labute approximate surface area is 97.7 Å². The predicted molar refractivity (Wildman–Crippen MR) is 57.5 cm³/mol. The van der Waals surface area contributed by atoms with Crippen molar-refractivity contribution in [2.24, 2.45) is 0 Å². The van der Waals surface area contributed by atoms with Crippen LogP contribution in [-0.2, 0) is 9.53 Å². The van der Waals surface area contributed by atoms with E-state index in [0.717, 1.165) is 0 Å². The molecule has 0 saturated carbocycles. The molecule has 6 nitrogen and oxygen atoms in total. The molecule has 0 aliphatic carbocycles. The van der Waals surface area contributed by atoms with Crippen LogP contribution in [0.3, 0.4) is 0 Å². The molecule has 0 bridgehead atoms. The Bertz CT molecular complexity index is 426. The smallest absolute Gasteiger partial charge is 0.343 e. The molecule has 1 aromatic carbocycles. The lowest BCUT2D eigenvalue weighted by atomic mass is 10.2. The number of carboxylic acid groups (broad SMARTS) is 1. The highest BCUT2D eigenvalue weighted by atomic mass is 16.6. The normalized spacial score (nSPS) is 9.53. The molecule has 0 unspecified atom stereocenters. The van der Waals surface area contributed by atoms with E-state index in [1.165, 1.54) is 32.4 Å². The summed E-state index contributed by atoms with van der Waals surface area (Å²) < 4.78 is 14.4. The minimum atomic E-state index is -1.15. The number of hydrogen-bond acceptors (Lipinski definition) is 5. The van der Waals surface area contributed by atoms with Crippen LogP contribution in [0.2, 0.25) is 0 Å². The number of esters is 1. The molecule has 0 amide bonds. The Hall–Kier alpha value is -2.24. The maximum Gasteiger partial charge on any atom is 0.343 e. The third-order valence-electron chi connectivity index (χ3n) is 1.99. The number of ether oxygens (including phenoxy) is 3. The maximum absolute atomic E-state index is 10.9. The zero-order valence-electron chi connectivity index (χ0n) is 9.43. The fourth-order valence-corrected chi connectivity index (χ4v) is 1.12. The Morgan fingerprint density at radius 1 is 1.29 bits per heavy atom. The first kappa shape index (κ1) is 12.8. The summed E-state index contributed by atoms with van der Waals surface area (Å²) in [6.45, 7) is -0.357. The van der Waals surface area contributed by atoms with Crippen molar-refractivity contribution in [1.82, 2.24) is 0 Å². The number of carboxylic acids is 1. The fraction of sp³-hybridized carbons (Fsp3) is 0.273. The summed E-state index contributed by atoms with van der Waals surface area (Å²) in [5.41, 5.74) is -0.0466. The van der Waals surface area contributed by atoms with Crippen LogP contribution < -0.4 is 9.47 Å². The molecule has 1 aromatic rings. The maximum atomic E-state index is 10.9. The van der Waals surface area contributed by atoms with Crippen LogP contribution >= 0.6 is 0 Å². The van der Waals surface area contributed by atoms with E-state index in [1.54, 1.807) is 0 Å². The summed E-state index contributed by atoms with van der Waals surface area (Å²) in [6.07, 6.45) is 0. The molecule has 1 rings (SSSR count). The zero-order chi connectivity index (χ0) is 12.8. The predicted octanol–water partition coefficient (Wildman–Crippen LogP) is 0.945. The van der Waals surface area contributed by atoms with Gasteiger partial charge in [-0.1, -0.05) is 0 Å². The van der Waals surface area contributed by atoms with E-state index >= 15 is 0 Å². The van der Waals surface area contributed by atoms with Crippen LogP contribution in [0, 0.1) is 0 Å². The van der Waals surface area contributed by atoms with Crippen molar-refractivity contribution in [3.8, 4) is 11.5 Å². The number of carbonyl (C=O) groups excluding carboxylic acids is 1. The second-order valence-corrected chi connectivity index (χ2v) is 3.03. The summed E-state index contributed by atoms with van der Waals surface area (Å²) in [5.74, 6) is -1.24. The number of benzene rings is 1. The lowest BCUT2D eigenvalue weighted by molar-refractivity contribution is -0.142. The highest BCUT2D eigenvalue weighted by Gasteiger charge is 2.13. The summed E-state index contributed by atoms with van der Waals surface area (Å²) in [6, 6.07) is 4.23. The molecular weight excluding hydrogens is 228 g/mol. The van der Waals surface area contributed by atoms with Crippen molar-refractivity contribution in [3.63, 3.8) is 0 Å². The summed E-state index contributed by atoms with van der Waals surface area (Å²) in [4.78, 5) is 21.8. The Morgan fingerprint density at radius 2 is 2.00 bits per heavy atom. The van der Waals surface area contributed by atoms with Gasteiger partial charge in [0.1, 0.15) is 17.1 Å². The number of rotatable bonds is 5. The van der Waals surface area contributed by atoms with Gasteiger partial charge in [0.25, 0.3) is 0 Å². The van der Waals surface area contributed by atoms with Gasteiger partial charge in [0.15, 0.2) is 6.61 Å². The van der Waals surface area contributed by atoms with Crippen molar-refractivity contribution < 1.29 is 28.9 Å². The third kappa shape index (κ3) is 3.37. The minimum absolute atomic E-state index is 0.0466. The molecule has 0 aliphatic heterocycles. The van der Waals surface area contributed by atoms with Crippen LogP contribution in [0.5, 0.6) is 11.5 Å². The molecule has 92 valence electrons. The lowest BCUT2D eigenvalue weighted by Crippen LogP contribution is -2.14. The van der Waals surface area contributed by atoms with Crippen molar-refractivity contribution in [1.29, 1.82) is 0 Å². The Kier molecular flexibility index (Phi) is 4.33. The molecule has 0 atom stereocenters. The van der Waals surface area contributed by atoms with E-state index in [2.05, 4.69) is 4.74 Å². The summed E-state index contributed by atoms with van der Waals surface area (Å²) >= 11 is 0. The first-order valence-electron chi connectivity index (χ1n) is 4.69. The monoisotopic (exact) mass is 240 g/mol. The number of aromatic carboxylic acids is 1. The summed E-state index contributed by atoms with van der Waals surface area (Å²) in [5, 5.41) is 8.91. The van der Waals surface area contributed by atoms with E-state index in [4.69, 9.17) is 14.6 Å². The van der Waals surface area contributed by atoms with Gasteiger partial charge in [-0.15, -0.1) is 0 Å². The Morgan fingerprint density at radius 3 is 2.53 bits per heavy atom. The highest BCUT2D eigenvalue weighted by Crippen LogP contribution is 2.24. The van der Waals surface area contributed by atoms with Gasteiger partial charge in [0, 0.05) is 6.07 Å². The van der Waals surface area contributed by atoms with Gasteiger partial charge in [0.05, 0.1) is 14.2 Å². The highest BCUT2D eigenvalue weighted by molar-refractivity contribution is 5.91. The molecule has 6 heteroatoms. The van der Waals surface area contributed by atoms with Gasteiger partial charge in [-0.2, -0.15) is 0 Å². The second-order valence-electron chi connectivity index (χ2n) is 3.03. The van der Waals surface area contributed by atoms with Crippen LogP contribution in [0.25, 0.3) is 0 Å². The zero-order valence-corrected chi connectivity index (χ0v) is 9.43. The molecule has 0 radical (unpaired) electrons.